The van der Waals surface area contributed by atoms with Gasteiger partial charge in [0.25, 0.3) is 5.91 Å². The Morgan fingerprint density at radius 2 is 1.95 bits per heavy atom. The first-order valence-electron chi connectivity index (χ1n) is 7.08. The summed E-state index contributed by atoms with van der Waals surface area (Å²) in [5.74, 6) is -0.0535. The SMILES string of the molecule is Cc1ccccc1[C@H](C)NC(=O)c1ccc2cc[nH]c2c1. The highest BCUT2D eigenvalue weighted by Crippen LogP contribution is 2.18. The Kier molecular flexibility index (Phi) is 3.48. The van der Waals surface area contributed by atoms with Crippen molar-refractivity contribution in [2.75, 3.05) is 0 Å². The molecule has 106 valence electrons. The van der Waals surface area contributed by atoms with E-state index in [-0.39, 0.29) is 11.9 Å². The van der Waals surface area contributed by atoms with Gasteiger partial charge in [-0.15, -0.1) is 0 Å². The van der Waals surface area contributed by atoms with Gasteiger partial charge < -0.3 is 10.3 Å². The molecule has 0 fully saturated rings. The van der Waals surface area contributed by atoms with Crippen molar-refractivity contribution < 1.29 is 4.79 Å². The molecule has 1 atom stereocenters. The van der Waals surface area contributed by atoms with Gasteiger partial charge in [0.05, 0.1) is 6.04 Å². The Hall–Kier alpha value is -2.55. The third-order valence-electron chi connectivity index (χ3n) is 3.82. The highest BCUT2D eigenvalue weighted by molar-refractivity contribution is 5.98. The number of aromatic nitrogens is 1. The van der Waals surface area contributed by atoms with Gasteiger partial charge in [-0.3, -0.25) is 4.79 Å². The zero-order chi connectivity index (χ0) is 14.8. The zero-order valence-corrected chi connectivity index (χ0v) is 12.2. The van der Waals surface area contributed by atoms with Crippen molar-refractivity contribution in [1.82, 2.24) is 10.3 Å². The summed E-state index contributed by atoms with van der Waals surface area (Å²) in [6.45, 7) is 4.07. The van der Waals surface area contributed by atoms with Gasteiger partial charge in [0.1, 0.15) is 0 Å². The lowest BCUT2D eigenvalue weighted by Crippen LogP contribution is -2.27. The van der Waals surface area contributed by atoms with E-state index in [9.17, 15) is 4.79 Å². The second kappa shape index (κ2) is 5.44. The van der Waals surface area contributed by atoms with E-state index < -0.39 is 0 Å². The molecular formula is C18H18N2O. The first kappa shape index (κ1) is 13.4. The molecule has 0 aliphatic rings. The standard InChI is InChI=1S/C18H18N2O/c1-12-5-3-4-6-16(12)13(2)20-18(21)15-8-7-14-9-10-19-17(14)11-15/h3-11,13,19H,1-2H3,(H,20,21)/t13-/m0/s1. The van der Waals surface area contributed by atoms with Gasteiger partial charge in [0, 0.05) is 17.3 Å². The molecule has 1 aromatic heterocycles. The van der Waals surface area contributed by atoms with Crippen LogP contribution >= 0.6 is 0 Å². The van der Waals surface area contributed by atoms with Gasteiger partial charge in [0.15, 0.2) is 0 Å². The number of benzene rings is 2. The van der Waals surface area contributed by atoms with Crippen molar-refractivity contribution in [3.63, 3.8) is 0 Å². The summed E-state index contributed by atoms with van der Waals surface area (Å²) in [6, 6.07) is 15.8. The smallest absolute Gasteiger partial charge is 0.251 e. The second-order valence-corrected chi connectivity index (χ2v) is 5.33. The summed E-state index contributed by atoms with van der Waals surface area (Å²) in [4.78, 5) is 15.5. The summed E-state index contributed by atoms with van der Waals surface area (Å²) >= 11 is 0. The van der Waals surface area contributed by atoms with E-state index >= 15 is 0 Å². The Morgan fingerprint density at radius 1 is 1.14 bits per heavy atom. The number of amides is 1. The van der Waals surface area contributed by atoms with Crippen LogP contribution in [0.3, 0.4) is 0 Å². The van der Waals surface area contributed by atoms with Crippen LogP contribution in [0, 0.1) is 6.92 Å². The van der Waals surface area contributed by atoms with Crippen LogP contribution in [0.15, 0.2) is 54.7 Å². The number of rotatable bonds is 3. The van der Waals surface area contributed by atoms with Gasteiger partial charge in [-0.25, -0.2) is 0 Å². The predicted octanol–water partition coefficient (Wildman–Crippen LogP) is 3.97. The molecule has 0 aliphatic heterocycles. The fraction of sp³-hybridized carbons (Fsp3) is 0.167. The number of aromatic amines is 1. The van der Waals surface area contributed by atoms with Crippen LogP contribution in [-0.4, -0.2) is 10.9 Å². The van der Waals surface area contributed by atoms with Crippen LogP contribution in [0.25, 0.3) is 10.9 Å². The summed E-state index contributed by atoms with van der Waals surface area (Å²) in [5, 5.41) is 4.17. The topological polar surface area (TPSA) is 44.9 Å². The number of hydrogen-bond donors (Lipinski definition) is 2. The molecular weight excluding hydrogens is 260 g/mol. The maximum atomic E-state index is 12.4. The van der Waals surface area contributed by atoms with Crippen molar-refractivity contribution >= 4 is 16.8 Å². The van der Waals surface area contributed by atoms with Gasteiger partial charge in [-0.2, -0.15) is 0 Å². The summed E-state index contributed by atoms with van der Waals surface area (Å²) in [7, 11) is 0. The monoisotopic (exact) mass is 278 g/mol. The molecule has 3 rings (SSSR count). The molecule has 0 aliphatic carbocycles. The van der Waals surface area contributed by atoms with Crippen LogP contribution < -0.4 is 5.32 Å². The second-order valence-electron chi connectivity index (χ2n) is 5.33. The molecule has 3 aromatic rings. The number of H-pyrrole nitrogens is 1. The molecule has 1 amide bonds. The van der Waals surface area contributed by atoms with Crippen molar-refractivity contribution in [2.24, 2.45) is 0 Å². The Morgan fingerprint density at radius 3 is 2.76 bits per heavy atom. The number of carbonyl (C=O) groups excluding carboxylic acids is 1. The fourth-order valence-corrected chi connectivity index (χ4v) is 2.62. The third kappa shape index (κ3) is 2.68. The van der Waals surface area contributed by atoms with Crippen LogP contribution in [-0.2, 0) is 0 Å². The summed E-state index contributed by atoms with van der Waals surface area (Å²) in [5.41, 5.74) is 3.98. The maximum Gasteiger partial charge on any atom is 0.251 e. The van der Waals surface area contributed by atoms with Crippen LogP contribution in [0.2, 0.25) is 0 Å². The molecule has 0 spiro atoms. The van der Waals surface area contributed by atoms with Crippen LogP contribution in [0.5, 0.6) is 0 Å². The van der Waals surface area contributed by atoms with Crippen molar-refractivity contribution in [3.8, 4) is 0 Å². The number of fused-ring (bicyclic) bond motifs is 1. The third-order valence-corrected chi connectivity index (χ3v) is 3.82. The highest BCUT2D eigenvalue weighted by Gasteiger charge is 2.13. The van der Waals surface area contributed by atoms with E-state index in [0.717, 1.165) is 16.5 Å². The number of hydrogen-bond acceptors (Lipinski definition) is 1. The first-order valence-corrected chi connectivity index (χ1v) is 7.08. The zero-order valence-electron chi connectivity index (χ0n) is 12.2. The highest BCUT2D eigenvalue weighted by atomic mass is 16.1. The van der Waals surface area contributed by atoms with E-state index in [4.69, 9.17) is 0 Å². The predicted molar refractivity (Wildman–Crippen MR) is 85.4 cm³/mol. The molecule has 3 nitrogen and oxygen atoms in total. The average molecular weight is 278 g/mol. The number of carbonyl (C=O) groups is 1. The van der Waals surface area contributed by atoms with Gasteiger partial charge >= 0.3 is 0 Å². The fourth-order valence-electron chi connectivity index (χ4n) is 2.62. The molecule has 0 radical (unpaired) electrons. The van der Waals surface area contributed by atoms with Gasteiger partial charge in [0.2, 0.25) is 0 Å². The lowest BCUT2D eigenvalue weighted by molar-refractivity contribution is 0.0940. The van der Waals surface area contributed by atoms with Crippen LogP contribution in [0.1, 0.15) is 34.5 Å². The van der Waals surface area contributed by atoms with Crippen molar-refractivity contribution in [2.45, 2.75) is 19.9 Å². The normalized spacial score (nSPS) is 12.3. The Labute approximate surface area is 124 Å². The number of nitrogens with one attached hydrogen (secondary N) is 2. The summed E-state index contributed by atoms with van der Waals surface area (Å²) < 4.78 is 0. The molecule has 3 heteroatoms. The quantitative estimate of drug-likeness (QED) is 0.748. The molecule has 1 heterocycles. The van der Waals surface area contributed by atoms with E-state index in [1.807, 2.05) is 49.5 Å². The summed E-state index contributed by atoms with van der Waals surface area (Å²) in [6.07, 6.45) is 1.88. The van der Waals surface area contributed by atoms with Gasteiger partial charge in [-0.05, 0) is 48.6 Å². The van der Waals surface area contributed by atoms with Crippen molar-refractivity contribution in [3.05, 3.63) is 71.4 Å². The molecule has 21 heavy (non-hydrogen) atoms. The Bertz CT molecular complexity index is 789. The van der Waals surface area contributed by atoms with Crippen LogP contribution in [0.4, 0.5) is 0 Å². The lowest BCUT2D eigenvalue weighted by atomic mass is 10.0. The average Bonchev–Trinajstić information content (AvgIpc) is 2.94. The molecule has 0 bridgehead atoms. The minimum Gasteiger partial charge on any atom is -0.361 e. The molecule has 0 unspecified atom stereocenters. The number of aryl methyl sites for hydroxylation is 1. The van der Waals surface area contributed by atoms with E-state index in [1.54, 1.807) is 0 Å². The van der Waals surface area contributed by atoms with Crippen molar-refractivity contribution in [1.29, 1.82) is 0 Å². The molecule has 0 saturated carbocycles. The van der Waals surface area contributed by atoms with E-state index in [2.05, 4.69) is 29.4 Å². The maximum absolute atomic E-state index is 12.4. The first-order chi connectivity index (χ1) is 10.1. The molecule has 2 N–H and O–H groups in total. The minimum atomic E-state index is -0.0535. The molecule has 0 saturated heterocycles. The largest absolute Gasteiger partial charge is 0.361 e. The van der Waals surface area contributed by atoms with Gasteiger partial charge in [-0.1, -0.05) is 30.3 Å². The van der Waals surface area contributed by atoms with E-state index in [1.165, 1.54) is 5.56 Å². The molecule has 2 aromatic carbocycles. The minimum absolute atomic E-state index is 0.0157. The Balaban J connectivity index is 1.81. The lowest BCUT2D eigenvalue weighted by Gasteiger charge is -2.16. The van der Waals surface area contributed by atoms with E-state index in [0.29, 0.717) is 5.56 Å².